The summed E-state index contributed by atoms with van der Waals surface area (Å²) in [4.78, 5) is 36.5. The molecule has 0 saturated heterocycles. The zero-order valence-corrected chi connectivity index (χ0v) is 13.2. The van der Waals surface area contributed by atoms with E-state index in [0.29, 0.717) is 12.8 Å². The number of carbonyl (C=O) groups excluding carboxylic acids is 2. The Hall–Kier alpha value is -1.63. The SMILES string of the molecule is Cc1sc(=O)n(CC(=O)NC2(C(N)=O)CCCCC2)c1C. The molecule has 1 saturated carbocycles. The maximum absolute atomic E-state index is 12.2. The van der Waals surface area contributed by atoms with E-state index in [4.69, 9.17) is 5.73 Å². The van der Waals surface area contributed by atoms with E-state index in [2.05, 4.69) is 5.32 Å². The van der Waals surface area contributed by atoms with Crippen molar-refractivity contribution < 1.29 is 9.59 Å². The third-order valence-electron chi connectivity index (χ3n) is 4.23. The van der Waals surface area contributed by atoms with Crippen LogP contribution in [-0.2, 0) is 16.1 Å². The highest BCUT2D eigenvalue weighted by Crippen LogP contribution is 2.28. The minimum absolute atomic E-state index is 0.0654. The molecule has 1 aliphatic carbocycles. The highest BCUT2D eigenvalue weighted by atomic mass is 32.1. The molecule has 6 nitrogen and oxygen atoms in total. The fourth-order valence-electron chi connectivity index (χ4n) is 2.81. The van der Waals surface area contributed by atoms with E-state index in [1.54, 1.807) is 0 Å². The zero-order valence-electron chi connectivity index (χ0n) is 12.4. The van der Waals surface area contributed by atoms with Crippen molar-refractivity contribution in [2.24, 2.45) is 5.73 Å². The van der Waals surface area contributed by atoms with E-state index < -0.39 is 11.4 Å². The third kappa shape index (κ3) is 3.18. The predicted molar refractivity (Wildman–Crippen MR) is 81.2 cm³/mol. The van der Waals surface area contributed by atoms with Gasteiger partial charge in [0.15, 0.2) is 0 Å². The predicted octanol–water partition coefficient (Wildman–Crippen LogP) is 0.831. The standard InChI is InChI=1S/C14H21N3O3S/c1-9-10(2)21-13(20)17(9)8-11(18)16-14(12(15)19)6-4-3-5-7-14/h3-8H2,1-2H3,(H2,15,19)(H,16,18). The van der Waals surface area contributed by atoms with Crippen molar-refractivity contribution in [1.82, 2.24) is 9.88 Å². The van der Waals surface area contributed by atoms with E-state index in [0.717, 1.165) is 41.2 Å². The average molecular weight is 311 g/mol. The monoisotopic (exact) mass is 311 g/mol. The van der Waals surface area contributed by atoms with Gasteiger partial charge in [-0.15, -0.1) is 0 Å². The van der Waals surface area contributed by atoms with Gasteiger partial charge in [-0.2, -0.15) is 0 Å². The molecule has 21 heavy (non-hydrogen) atoms. The van der Waals surface area contributed by atoms with Crippen LogP contribution in [-0.4, -0.2) is 21.9 Å². The molecule has 0 radical (unpaired) electrons. The summed E-state index contributed by atoms with van der Waals surface area (Å²) in [7, 11) is 0. The van der Waals surface area contributed by atoms with Gasteiger partial charge in [-0.3, -0.25) is 19.0 Å². The number of rotatable bonds is 4. The molecule has 1 heterocycles. The normalized spacial score (nSPS) is 17.4. The Balaban J connectivity index is 2.13. The number of aromatic nitrogens is 1. The second-order valence-corrected chi connectivity index (χ2v) is 6.82. The third-order valence-corrected chi connectivity index (χ3v) is 5.23. The van der Waals surface area contributed by atoms with E-state index in [9.17, 15) is 14.4 Å². The summed E-state index contributed by atoms with van der Waals surface area (Å²) in [6, 6.07) is 0. The number of nitrogens with one attached hydrogen (secondary N) is 1. The number of nitrogens with two attached hydrogens (primary N) is 1. The van der Waals surface area contributed by atoms with Crippen molar-refractivity contribution in [3.63, 3.8) is 0 Å². The minimum atomic E-state index is -0.947. The van der Waals surface area contributed by atoms with E-state index >= 15 is 0 Å². The van der Waals surface area contributed by atoms with Crippen LogP contribution in [0.1, 0.15) is 42.7 Å². The van der Waals surface area contributed by atoms with Gasteiger partial charge in [-0.1, -0.05) is 30.6 Å². The summed E-state index contributed by atoms with van der Waals surface area (Å²) >= 11 is 1.13. The number of hydrogen-bond donors (Lipinski definition) is 2. The lowest BCUT2D eigenvalue weighted by Gasteiger charge is -2.35. The van der Waals surface area contributed by atoms with Gasteiger partial charge in [0.1, 0.15) is 12.1 Å². The summed E-state index contributed by atoms with van der Waals surface area (Å²) in [5.74, 6) is -0.820. The lowest BCUT2D eigenvalue weighted by molar-refractivity contribution is -0.133. The molecular weight excluding hydrogens is 290 g/mol. The Kier molecular flexibility index (Phi) is 4.51. The van der Waals surface area contributed by atoms with E-state index in [-0.39, 0.29) is 17.3 Å². The molecular formula is C14H21N3O3S. The molecule has 7 heteroatoms. The summed E-state index contributed by atoms with van der Waals surface area (Å²) in [6.07, 6.45) is 3.95. The number of hydrogen-bond acceptors (Lipinski definition) is 4. The molecule has 3 N–H and O–H groups in total. The average Bonchev–Trinajstić information content (AvgIpc) is 2.66. The molecule has 1 aromatic heterocycles. The molecule has 0 atom stereocenters. The van der Waals surface area contributed by atoms with Crippen LogP contribution in [0.4, 0.5) is 0 Å². The molecule has 0 aliphatic heterocycles. The fraction of sp³-hybridized carbons (Fsp3) is 0.643. The van der Waals surface area contributed by atoms with Crippen LogP contribution >= 0.6 is 11.3 Å². The molecule has 0 spiro atoms. The van der Waals surface area contributed by atoms with Crippen LogP contribution in [0.15, 0.2) is 4.79 Å². The lowest BCUT2D eigenvalue weighted by atomic mass is 9.81. The van der Waals surface area contributed by atoms with Gasteiger partial charge in [0.25, 0.3) is 0 Å². The summed E-state index contributed by atoms with van der Waals surface area (Å²) in [5, 5.41) is 2.78. The zero-order chi connectivity index (χ0) is 15.6. The number of aryl methyl sites for hydroxylation is 1. The molecule has 2 amide bonds. The number of nitrogens with zero attached hydrogens (tertiary/aromatic N) is 1. The van der Waals surface area contributed by atoms with Crippen LogP contribution in [0.3, 0.4) is 0 Å². The van der Waals surface area contributed by atoms with Crippen LogP contribution < -0.4 is 15.9 Å². The Bertz CT molecular complexity index is 611. The number of carbonyl (C=O) groups is 2. The molecule has 1 aromatic rings. The largest absolute Gasteiger partial charge is 0.368 e. The van der Waals surface area contributed by atoms with Gasteiger partial charge in [-0.25, -0.2) is 0 Å². The first-order valence-corrected chi connectivity index (χ1v) is 7.95. The minimum Gasteiger partial charge on any atom is -0.368 e. The number of amides is 2. The second-order valence-electron chi connectivity index (χ2n) is 5.65. The second kappa shape index (κ2) is 6.01. The highest BCUT2D eigenvalue weighted by molar-refractivity contribution is 7.09. The van der Waals surface area contributed by atoms with Crippen LogP contribution in [0, 0.1) is 13.8 Å². The van der Waals surface area contributed by atoms with Gasteiger partial charge in [0, 0.05) is 10.6 Å². The Morgan fingerprint density at radius 1 is 1.29 bits per heavy atom. The van der Waals surface area contributed by atoms with Crippen molar-refractivity contribution >= 4 is 23.2 Å². The summed E-state index contributed by atoms with van der Waals surface area (Å²) < 4.78 is 1.44. The quantitative estimate of drug-likeness (QED) is 0.862. The molecule has 116 valence electrons. The van der Waals surface area contributed by atoms with Gasteiger partial charge in [0.05, 0.1) is 0 Å². The van der Waals surface area contributed by atoms with Crippen molar-refractivity contribution in [1.29, 1.82) is 0 Å². The van der Waals surface area contributed by atoms with Crippen LogP contribution in [0.25, 0.3) is 0 Å². The van der Waals surface area contributed by atoms with Crippen molar-refractivity contribution in [3.05, 3.63) is 20.2 Å². The first-order valence-electron chi connectivity index (χ1n) is 7.13. The van der Waals surface area contributed by atoms with Crippen molar-refractivity contribution in [2.45, 2.75) is 58.0 Å². The maximum atomic E-state index is 12.2. The maximum Gasteiger partial charge on any atom is 0.308 e. The van der Waals surface area contributed by atoms with Crippen molar-refractivity contribution in [3.8, 4) is 0 Å². The van der Waals surface area contributed by atoms with Crippen molar-refractivity contribution in [2.75, 3.05) is 0 Å². The Morgan fingerprint density at radius 2 is 1.90 bits per heavy atom. The first-order chi connectivity index (χ1) is 9.85. The molecule has 0 aromatic carbocycles. The molecule has 2 rings (SSSR count). The molecule has 1 fully saturated rings. The number of thiazole rings is 1. The fourth-order valence-corrected chi connectivity index (χ4v) is 3.64. The van der Waals surface area contributed by atoms with Gasteiger partial charge in [0.2, 0.25) is 11.8 Å². The van der Waals surface area contributed by atoms with Gasteiger partial charge >= 0.3 is 4.87 Å². The smallest absolute Gasteiger partial charge is 0.308 e. The molecule has 1 aliphatic rings. The lowest BCUT2D eigenvalue weighted by Crippen LogP contribution is -2.59. The number of primary amides is 1. The summed E-state index contributed by atoms with van der Waals surface area (Å²) in [5.41, 5.74) is 5.33. The van der Waals surface area contributed by atoms with Gasteiger partial charge in [-0.05, 0) is 26.7 Å². The molecule has 0 unspecified atom stereocenters. The highest BCUT2D eigenvalue weighted by Gasteiger charge is 2.39. The van der Waals surface area contributed by atoms with Gasteiger partial charge < -0.3 is 11.1 Å². The topological polar surface area (TPSA) is 94.2 Å². The Labute approximate surface area is 127 Å². The Morgan fingerprint density at radius 3 is 2.38 bits per heavy atom. The van der Waals surface area contributed by atoms with E-state index in [1.165, 1.54) is 4.57 Å². The van der Waals surface area contributed by atoms with Crippen LogP contribution in [0.5, 0.6) is 0 Å². The molecule has 0 bridgehead atoms. The summed E-state index contributed by atoms with van der Waals surface area (Å²) in [6.45, 7) is 3.59. The van der Waals surface area contributed by atoms with E-state index in [1.807, 2.05) is 13.8 Å². The van der Waals surface area contributed by atoms with Crippen LogP contribution in [0.2, 0.25) is 0 Å². The first kappa shape index (κ1) is 15.8.